The smallest absolute Gasteiger partial charge is 0.244 e. The van der Waals surface area contributed by atoms with Crippen molar-refractivity contribution in [1.82, 2.24) is 10.2 Å². The summed E-state index contributed by atoms with van der Waals surface area (Å²) in [4.78, 5) is 28.3. The van der Waals surface area contributed by atoms with Gasteiger partial charge in [0.15, 0.2) is 11.5 Å². The minimum absolute atomic E-state index is 0.127. The van der Waals surface area contributed by atoms with E-state index in [0.29, 0.717) is 43.4 Å². The van der Waals surface area contributed by atoms with Crippen LogP contribution in [0.1, 0.15) is 39.2 Å². The van der Waals surface area contributed by atoms with E-state index in [0.717, 1.165) is 16.3 Å². The molecule has 1 aliphatic rings. The highest BCUT2D eigenvalue weighted by Crippen LogP contribution is 2.35. The van der Waals surface area contributed by atoms with E-state index in [9.17, 15) is 18.0 Å². The van der Waals surface area contributed by atoms with Gasteiger partial charge in [-0.25, -0.2) is 8.42 Å². The van der Waals surface area contributed by atoms with Gasteiger partial charge >= 0.3 is 0 Å². The molecule has 1 N–H and O–H groups in total. The molecule has 0 unspecified atom stereocenters. The van der Waals surface area contributed by atoms with Crippen molar-refractivity contribution < 1.29 is 32.2 Å². The molecule has 0 bridgehead atoms. The summed E-state index contributed by atoms with van der Waals surface area (Å²) in [7, 11) is -2.28. The van der Waals surface area contributed by atoms with Gasteiger partial charge in [0, 0.05) is 19.2 Å². The third-order valence-corrected chi connectivity index (χ3v) is 7.98. The maximum Gasteiger partial charge on any atom is 0.244 e. The molecule has 0 saturated heterocycles. The predicted octanol–water partition coefficient (Wildman–Crippen LogP) is 2.96. The Labute approximate surface area is 224 Å². The first-order valence-electron chi connectivity index (χ1n) is 12.8. The summed E-state index contributed by atoms with van der Waals surface area (Å²) in [6, 6.07) is 11.2. The average Bonchev–Trinajstić information content (AvgIpc) is 2.94. The van der Waals surface area contributed by atoms with Gasteiger partial charge in [0.05, 0.1) is 18.6 Å². The zero-order valence-corrected chi connectivity index (χ0v) is 23.3. The molecule has 2 aromatic carbocycles. The fourth-order valence-electron chi connectivity index (χ4n) is 4.12. The number of nitrogens with one attached hydrogen (secondary N) is 1. The number of hydrogen-bond donors (Lipinski definition) is 1. The fourth-order valence-corrected chi connectivity index (χ4v) is 5.17. The van der Waals surface area contributed by atoms with Crippen molar-refractivity contribution in [3.63, 3.8) is 0 Å². The Hall–Kier alpha value is -3.47. The molecule has 1 heterocycles. The van der Waals surface area contributed by atoms with E-state index >= 15 is 0 Å². The van der Waals surface area contributed by atoms with Crippen molar-refractivity contribution in [2.24, 2.45) is 0 Å². The zero-order valence-electron chi connectivity index (χ0n) is 22.4. The van der Waals surface area contributed by atoms with Crippen LogP contribution in [0.5, 0.6) is 17.2 Å². The lowest BCUT2D eigenvalue weighted by Crippen LogP contribution is -2.52. The van der Waals surface area contributed by atoms with E-state index in [-0.39, 0.29) is 23.9 Å². The molecule has 3 rings (SSSR count). The minimum Gasteiger partial charge on any atom is -0.497 e. The molecule has 208 valence electrons. The lowest BCUT2D eigenvalue weighted by Gasteiger charge is -2.33. The number of amides is 2. The summed E-state index contributed by atoms with van der Waals surface area (Å²) in [5.74, 6) is 0.615. The molecular weight excluding hydrogens is 510 g/mol. The molecule has 0 radical (unpaired) electrons. The number of sulfonamides is 1. The Kier molecular flexibility index (Phi) is 10.2. The molecule has 2 amide bonds. The molecule has 0 aromatic heterocycles. The van der Waals surface area contributed by atoms with E-state index in [1.54, 1.807) is 37.4 Å². The van der Waals surface area contributed by atoms with Crippen LogP contribution in [-0.2, 0) is 26.2 Å². The van der Waals surface area contributed by atoms with Crippen LogP contribution in [-0.4, -0.2) is 70.3 Å². The second-order valence-corrected chi connectivity index (χ2v) is 11.0. The first kappa shape index (κ1) is 29.1. The second-order valence-electron chi connectivity index (χ2n) is 8.82. The third-order valence-electron chi connectivity index (χ3n) is 6.24. The number of methoxy groups -OCH3 is 1. The molecule has 0 saturated carbocycles. The van der Waals surface area contributed by atoms with Gasteiger partial charge in [-0.3, -0.25) is 13.9 Å². The van der Waals surface area contributed by atoms with Crippen LogP contribution in [0.15, 0.2) is 42.5 Å². The summed E-state index contributed by atoms with van der Waals surface area (Å²) in [6.45, 7) is 6.18. The van der Waals surface area contributed by atoms with Crippen LogP contribution in [0.4, 0.5) is 5.69 Å². The summed E-state index contributed by atoms with van der Waals surface area (Å²) >= 11 is 0. The van der Waals surface area contributed by atoms with Crippen LogP contribution in [0.3, 0.4) is 0 Å². The molecule has 0 spiro atoms. The zero-order chi connectivity index (χ0) is 27.7. The number of nitrogens with zero attached hydrogens (tertiary/aromatic N) is 2. The van der Waals surface area contributed by atoms with Gasteiger partial charge in [-0.05, 0) is 49.6 Å². The summed E-state index contributed by atoms with van der Waals surface area (Å²) in [5.41, 5.74) is 1.07. The van der Waals surface area contributed by atoms with Crippen molar-refractivity contribution >= 4 is 27.5 Å². The SMILES string of the molecule is CCCNC(=O)[C@H](CC)N(Cc1ccc(OC)cc1)C(=O)CN(c1ccc2c(c1)OCCO2)S(=O)(=O)CC. The minimum atomic E-state index is -3.84. The highest BCUT2D eigenvalue weighted by Gasteiger charge is 2.32. The number of hydrogen-bond acceptors (Lipinski definition) is 7. The van der Waals surface area contributed by atoms with Crippen LogP contribution in [0, 0.1) is 0 Å². The van der Waals surface area contributed by atoms with Gasteiger partial charge in [-0.1, -0.05) is 26.0 Å². The monoisotopic (exact) mass is 547 g/mol. The Bertz CT molecular complexity index is 1200. The lowest BCUT2D eigenvalue weighted by atomic mass is 10.1. The quantitative estimate of drug-likeness (QED) is 0.410. The number of fused-ring (bicyclic) bond motifs is 1. The van der Waals surface area contributed by atoms with E-state index in [2.05, 4.69) is 5.32 Å². The van der Waals surface area contributed by atoms with Crippen LogP contribution < -0.4 is 23.8 Å². The van der Waals surface area contributed by atoms with Crippen LogP contribution >= 0.6 is 0 Å². The van der Waals surface area contributed by atoms with Crippen LogP contribution in [0.2, 0.25) is 0 Å². The first-order chi connectivity index (χ1) is 18.2. The number of ether oxygens (including phenoxy) is 3. The molecule has 10 nitrogen and oxygen atoms in total. The van der Waals surface area contributed by atoms with Crippen molar-refractivity contribution in [3.8, 4) is 17.2 Å². The van der Waals surface area contributed by atoms with Crippen molar-refractivity contribution in [2.75, 3.05) is 43.5 Å². The van der Waals surface area contributed by atoms with E-state index in [1.807, 2.05) is 26.0 Å². The maximum atomic E-state index is 13.8. The number of benzene rings is 2. The van der Waals surface area contributed by atoms with Crippen molar-refractivity contribution in [1.29, 1.82) is 0 Å². The topological polar surface area (TPSA) is 114 Å². The number of carbonyl (C=O) groups is 2. The first-order valence-corrected chi connectivity index (χ1v) is 14.4. The normalized spacial score (nSPS) is 13.4. The second kappa shape index (κ2) is 13.4. The standard InChI is InChI=1S/C27H37N3O7S/c1-5-14-28-27(32)23(6-2)29(18-20-8-11-22(35-4)12-9-20)26(31)19-30(38(33,34)7-3)21-10-13-24-25(17-21)37-16-15-36-24/h8-13,17,23H,5-7,14-16,18-19H2,1-4H3,(H,28,32)/t23-/m0/s1. The average molecular weight is 548 g/mol. The Balaban J connectivity index is 1.96. The molecule has 0 fully saturated rings. The molecular formula is C27H37N3O7S. The third kappa shape index (κ3) is 7.09. The molecule has 0 aliphatic carbocycles. The summed E-state index contributed by atoms with van der Waals surface area (Å²) in [6.07, 6.45) is 1.11. The summed E-state index contributed by atoms with van der Waals surface area (Å²) in [5, 5.41) is 2.87. The fraction of sp³-hybridized carbons (Fsp3) is 0.481. The van der Waals surface area contributed by atoms with Gasteiger partial charge in [-0.15, -0.1) is 0 Å². The van der Waals surface area contributed by atoms with E-state index in [1.165, 1.54) is 11.8 Å². The Morgan fingerprint density at radius 3 is 2.32 bits per heavy atom. The molecule has 1 aliphatic heterocycles. The van der Waals surface area contributed by atoms with Crippen molar-refractivity contribution in [3.05, 3.63) is 48.0 Å². The predicted molar refractivity (Wildman–Crippen MR) is 145 cm³/mol. The van der Waals surface area contributed by atoms with E-state index in [4.69, 9.17) is 14.2 Å². The van der Waals surface area contributed by atoms with E-state index < -0.39 is 28.5 Å². The number of rotatable bonds is 13. The summed E-state index contributed by atoms with van der Waals surface area (Å²) < 4.78 is 43.8. The Morgan fingerprint density at radius 2 is 1.71 bits per heavy atom. The van der Waals surface area contributed by atoms with Gasteiger partial charge < -0.3 is 24.4 Å². The molecule has 38 heavy (non-hydrogen) atoms. The Morgan fingerprint density at radius 1 is 1.03 bits per heavy atom. The highest BCUT2D eigenvalue weighted by atomic mass is 32.2. The molecule has 1 atom stereocenters. The highest BCUT2D eigenvalue weighted by molar-refractivity contribution is 7.92. The van der Waals surface area contributed by atoms with Crippen LogP contribution in [0.25, 0.3) is 0 Å². The maximum absolute atomic E-state index is 13.8. The largest absolute Gasteiger partial charge is 0.497 e. The van der Waals surface area contributed by atoms with Gasteiger partial charge in [0.25, 0.3) is 0 Å². The van der Waals surface area contributed by atoms with Gasteiger partial charge in [-0.2, -0.15) is 0 Å². The lowest BCUT2D eigenvalue weighted by molar-refractivity contribution is -0.140. The number of carbonyl (C=O) groups excluding carboxylic acids is 2. The van der Waals surface area contributed by atoms with Gasteiger partial charge in [0.2, 0.25) is 21.8 Å². The molecule has 11 heteroatoms. The molecule has 2 aromatic rings. The van der Waals surface area contributed by atoms with Gasteiger partial charge in [0.1, 0.15) is 31.5 Å². The number of anilines is 1. The van der Waals surface area contributed by atoms with Crippen molar-refractivity contribution in [2.45, 2.75) is 46.2 Å².